The molecule has 0 atom stereocenters. The van der Waals surface area contributed by atoms with Gasteiger partial charge in [0.1, 0.15) is 5.75 Å². The Labute approximate surface area is 128 Å². The van der Waals surface area contributed by atoms with Crippen LogP contribution in [-0.2, 0) is 13.6 Å². The van der Waals surface area contributed by atoms with E-state index in [9.17, 15) is 4.79 Å². The zero-order valence-electron chi connectivity index (χ0n) is 12.1. The topological polar surface area (TPSA) is 59.4 Å². The van der Waals surface area contributed by atoms with Gasteiger partial charge in [0.05, 0.1) is 25.0 Å². The minimum Gasteiger partial charge on any atom is -0.495 e. The molecule has 2 aromatic rings. The highest BCUT2D eigenvalue weighted by Gasteiger charge is 2.13. The van der Waals surface area contributed by atoms with Gasteiger partial charge in [-0.05, 0) is 24.3 Å². The molecule has 2 amide bonds. The molecule has 0 bridgehead atoms. The maximum absolute atomic E-state index is 12.2. The van der Waals surface area contributed by atoms with Crippen LogP contribution < -0.4 is 10.1 Å². The van der Waals surface area contributed by atoms with Gasteiger partial charge in [0.15, 0.2) is 0 Å². The van der Waals surface area contributed by atoms with Gasteiger partial charge in [-0.25, -0.2) is 4.79 Å². The fraction of sp³-hybridized carbons (Fsp3) is 0.286. The van der Waals surface area contributed by atoms with Crippen LogP contribution >= 0.6 is 11.6 Å². The average Bonchev–Trinajstić information content (AvgIpc) is 2.84. The summed E-state index contributed by atoms with van der Waals surface area (Å²) in [6.07, 6.45) is 1.70. The number of halogens is 1. The third-order valence-corrected chi connectivity index (χ3v) is 3.31. The molecule has 0 aliphatic heterocycles. The Kier molecular flexibility index (Phi) is 4.70. The van der Waals surface area contributed by atoms with E-state index in [0.717, 1.165) is 5.69 Å². The summed E-state index contributed by atoms with van der Waals surface area (Å²) < 4.78 is 6.93. The number of hydrogen-bond donors (Lipinski definition) is 1. The third kappa shape index (κ3) is 3.66. The van der Waals surface area contributed by atoms with Crippen LogP contribution in [0.4, 0.5) is 10.5 Å². The van der Waals surface area contributed by atoms with Crippen LogP contribution in [0.2, 0.25) is 5.02 Å². The number of aromatic nitrogens is 2. The highest BCUT2D eigenvalue weighted by molar-refractivity contribution is 6.31. The molecule has 0 spiro atoms. The first-order valence-corrected chi connectivity index (χ1v) is 6.71. The highest BCUT2D eigenvalue weighted by Crippen LogP contribution is 2.27. The fourth-order valence-corrected chi connectivity index (χ4v) is 2.03. The maximum Gasteiger partial charge on any atom is 0.322 e. The molecule has 1 N–H and O–H groups in total. The number of hydrogen-bond acceptors (Lipinski definition) is 3. The van der Waals surface area contributed by atoms with E-state index in [1.165, 1.54) is 7.11 Å². The van der Waals surface area contributed by atoms with E-state index in [0.29, 0.717) is 23.0 Å². The van der Waals surface area contributed by atoms with E-state index >= 15 is 0 Å². The summed E-state index contributed by atoms with van der Waals surface area (Å²) in [5, 5.41) is 7.38. The van der Waals surface area contributed by atoms with Crippen molar-refractivity contribution in [1.29, 1.82) is 0 Å². The van der Waals surface area contributed by atoms with Crippen molar-refractivity contribution in [3.63, 3.8) is 0 Å². The molecular weight excluding hydrogens is 292 g/mol. The van der Waals surface area contributed by atoms with Gasteiger partial charge >= 0.3 is 6.03 Å². The van der Waals surface area contributed by atoms with Crippen molar-refractivity contribution in [3.8, 4) is 5.75 Å². The smallest absolute Gasteiger partial charge is 0.322 e. The van der Waals surface area contributed by atoms with Gasteiger partial charge in [0.2, 0.25) is 0 Å². The summed E-state index contributed by atoms with van der Waals surface area (Å²) in [6, 6.07) is 6.67. The first-order valence-electron chi connectivity index (χ1n) is 6.34. The average molecular weight is 309 g/mol. The van der Waals surface area contributed by atoms with E-state index in [2.05, 4.69) is 10.4 Å². The molecule has 0 fully saturated rings. The SMILES string of the molecule is COc1ccc(Cl)cc1NC(=O)N(C)Cc1ccnn1C. The number of aryl methyl sites for hydroxylation is 1. The number of rotatable bonds is 4. The third-order valence-electron chi connectivity index (χ3n) is 3.07. The molecule has 0 saturated carbocycles. The van der Waals surface area contributed by atoms with Gasteiger partial charge in [0.25, 0.3) is 0 Å². The molecule has 0 saturated heterocycles. The number of anilines is 1. The Bertz CT molecular complexity index is 642. The van der Waals surface area contributed by atoms with Crippen LogP contribution in [0.5, 0.6) is 5.75 Å². The Morgan fingerprint density at radius 1 is 1.48 bits per heavy atom. The number of carbonyl (C=O) groups excluding carboxylic acids is 1. The van der Waals surface area contributed by atoms with Crippen LogP contribution in [-0.4, -0.2) is 34.9 Å². The molecule has 2 rings (SSSR count). The summed E-state index contributed by atoms with van der Waals surface area (Å²) in [6.45, 7) is 0.450. The quantitative estimate of drug-likeness (QED) is 0.945. The van der Waals surface area contributed by atoms with Crippen LogP contribution in [0.1, 0.15) is 5.69 Å². The monoisotopic (exact) mass is 308 g/mol. The Morgan fingerprint density at radius 3 is 2.86 bits per heavy atom. The first kappa shape index (κ1) is 15.2. The predicted molar refractivity (Wildman–Crippen MR) is 81.7 cm³/mol. The Morgan fingerprint density at radius 2 is 2.24 bits per heavy atom. The number of nitrogens with one attached hydrogen (secondary N) is 1. The fourth-order valence-electron chi connectivity index (χ4n) is 1.86. The zero-order valence-corrected chi connectivity index (χ0v) is 12.9. The van der Waals surface area contributed by atoms with Crippen molar-refractivity contribution in [2.45, 2.75) is 6.54 Å². The normalized spacial score (nSPS) is 10.3. The zero-order chi connectivity index (χ0) is 15.4. The van der Waals surface area contributed by atoms with Crippen molar-refractivity contribution in [1.82, 2.24) is 14.7 Å². The van der Waals surface area contributed by atoms with Gasteiger partial charge in [-0.15, -0.1) is 0 Å². The molecule has 0 radical (unpaired) electrons. The van der Waals surface area contributed by atoms with Crippen molar-refractivity contribution >= 4 is 23.3 Å². The highest BCUT2D eigenvalue weighted by atomic mass is 35.5. The van der Waals surface area contributed by atoms with Gasteiger partial charge in [-0.2, -0.15) is 5.10 Å². The van der Waals surface area contributed by atoms with Crippen molar-refractivity contribution in [2.75, 3.05) is 19.5 Å². The summed E-state index contributed by atoms with van der Waals surface area (Å²) in [5.74, 6) is 0.557. The lowest BCUT2D eigenvalue weighted by atomic mass is 10.3. The number of ether oxygens (including phenoxy) is 1. The molecule has 6 nitrogen and oxygen atoms in total. The second kappa shape index (κ2) is 6.49. The Hall–Kier alpha value is -2.21. The predicted octanol–water partition coefficient (Wildman–Crippen LogP) is 2.75. The van der Waals surface area contributed by atoms with Crippen molar-refractivity contribution in [3.05, 3.63) is 41.2 Å². The van der Waals surface area contributed by atoms with Gasteiger partial charge < -0.3 is 15.0 Å². The molecular formula is C14H17ClN4O2. The van der Waals surface area contributed by atoms with Crippen LogP contribution in [0.3, 0.4) is 0 Å². The molecule has 21 heavy (non-hydrogen) atoms. The van der Waals surface area contributed by atoms with Crippen LogP contribution in [0, 0.1) is 0 Å². The molecule has 1 heterocycles. The van der Waals surface area contributed by atoms with Crippen molar-refractivity contribution in [2.24, 2.45) is 7.05 Å². The minimum atomic E-state index is -0.253. The number of carbonyl (C=O) groups is 1. The molecule has 0 aliphatic carbocycles. The number of nitrogens with zero attached hydrogens (tertiary/aromatic N) is 3. The standard InChI is InChI=1S/C14H17ClN4O2/c1-18(9-11-6-7-16-19(11)2)14(20)17-12-8-10(15)4-5-13(12)21-3/h4-8H,9H2,1-3H3,(H,17,20). The second-order valence-corrected chi connectivity index (χ2v) is 5.01. The molecule has 7 heteroatoms. The number of urea groups is 1. The van der Waals surface area contributed by atoms with E-state index < -0.39 is 0 Å². The minimum absolute atomic E-state index is 0.253. The number of benzene rings is 1. The van der Waals surface area contributed by atoms with Gasteiger partial charge in [-0.3, -0.25) is 4.68 Å². The number of methoxy groups -OCH3 is 1. The van der Waals surface area contributed by atoms with E-state index in [-0.39, 0.29) is 6.03 Å². The van der Waals surface area contributed by atoms with Crippen LogP contribution in [0.25, 0.3) is 0 Å². The second-order valence-electron chi connectivity index (χ2n) is 4.58. The summed E-state index contributed by atoms with van der Waals surface area (Å²) in [4.78, 5) is 13.8. The molecule has 0 unspecified atom stereocenters. The first-order chi connectivity index (χ1) is 10.0. The maximum atomic E-state index is 12.2. The lowest BCUT2D eigenvalue weighted by Gasteiger charge is -2.19. The van der Waals surface area contributed by atoms with E-state index in [1.807, 2.05) is 13.1 Å². The largest absolute Gasteiger partial charge is 0.495 e. The summed E-state index contributed by atoms with van der Waals surface area (Å²) in [5.41, 5.74) is 1.47. The lowest BCUT2D eigenvalue weighted by Crippen LogP contribution is -2.31. The van der Waals surface area contributed by atoms with Gasteiger partial charge in [-0.1, -0.05) is 11.6 Å². The van der Waals surface area contributed by atoms with Crippen LogP contribution in [0.15, 0.2) is 30.5 Å². The molecule has 0 aliphatic rings. The lowest BCUT2D eigenvalue weighted by molar-refractivity contribution is 0.219. The summed E-state index contributed by atoms with van der Waals surface area (Å²) >= 11 is 5.94. The van der Waals surface area contributed by atoms with Gasteiger partial charge in [0, 0.05) is 25.3 Å². The molecule has 1 aromatic carbocycles. The number of amides is 2. The van der Waals surface area contributed by atoms with E-state index in [1.54, 1.807) is 41.0 Å². The Balaban J connectivity index is 2.07. The summed E-state index contributed by atoms with van der Waals surface area (Å²) in [7, 11) is 5.08. The molecule has 1 aromatic heterocycles. The van der Waals surface area contributed by atoms with Crippen molar-refractivity contribution < 1.29 is 9.53 Å². The molecule has 112 valence electrons. The van der Waals surface area contributed by atoms with E-state index in [4.69, 9.17) is 16.3 Å².